The highest BCUT2D eigenvalue weighted by molar-refractivity contribution is 5.91. The minimum atomic E-state index is -0.512. The van der Waals surface area contributed by atoms with Crippen LogP contribution in [0.5, 0.6) is 0 Å². The van der Waals surface area contributed by atoms with Crippen molar-refractivity contribution < 1.29 is 9.53 Å². The number of nitrogens with two attached hydrogens (primary N) is 1. The minimum absolute atomic E-state index is 0.189. The van der Waals surface area contributed by atoms with E-state index in [0.29, 0.717) is 6.04 Å². The number of ether oxygens (including phenoxy) is 1. The number of pyridine rings is 1. The van der Waals surface area contributed by atoms with E-state index in [0.717, 1.165) is 25.4 Å². The van der Waals surface area contributed by atoms with E-state index in [9.17, 15) is 4.79 Å². The van der Waals surface area contributed by atoms with Gasteiger partial charge in [-0.2, -0.15) is 0 Å². The summed E-state index contributed by atoms with van der Waals surface area (Å²) in [6.45, 7) is 3.72. The molecular formula is C14H20N4O2. The number of nitrogens with one attached hydrogen (secondary N) is 1. The number of morpholine rings is 1. The molecule has 0 spiro atoms. The molecule has 6 nitrogen and oxygen atoms in total. The summed E-state index contributed by atoms with van der Waals surface area (Å²) in [7, 11) is 0. The summed E-state index contributed by atoms with van der Waals surface area (Å²) in [5, 5.41) is 3.29. The molecule has 0 radical (unpaired) electrons. The average molecular weight is 276 g/mol. The third kappa shape index (κ3) is 2.91. The molecule has 0 saturated carbocycles. The van der Waals surface area contributed by atoms with E-state index < -0.39 is 5.91 Å². The molecule has 1 amide bonds. The Kier molecular flexibility index (Phi) is 3.84. The number of carbonyl (C=O) groups excluding carboxylic acids is 1. The van der Waals surface area contributed by atoms with Crippen molar-refractivity contribution in [3.05, 3.63) is 24.0 Å². The summed E-state index contributed by atoms with van der Waals surface area (Å²) < 4.78 is 5.88. The Morgan fingerprint density at radius 2 is 2.50 bits per heavy atom. The number of anilines is 1. The topological polar surface area (TPSA) is 80.5 Å². The van der Waals surface area contributed by atoms with Gasteiger partial charge in [0.15, 0.2) is 0 Å². The van der Waals surface area contributed by atoms with Crippen LogP contribution in [0.15, 0.2) is 18.3 Å². The van der Waals surface area contributed by atoms with Gasteiger partial charge in [-0.3, -0.25) is 14.7 Å². The standard InChI is InChI=1S/C14H20N4O2/c15-14(19)13-6-10(3-4-16-13)17-7-12-8-18-5-1-2-11(18)9-20-12/h3-4,6,11-12H,1-2,5,7-9H2,(H2,15,19)(H,16,17). The van der Waals surface area contributed by atoms with Crippen LogP contribution in [0.1, 0.15) is 23.3 Å². The number of carbonyl (C=O) groups is 1. The van der Waals surface area contributed by atoms with Crippen molar-refractivity contribution in [1.29, 1.82) is 0 Å². The van der Waals surface area contributed by atoms with Gasteiger partial charge in [0, 0.05) is 31.0 Å². The smallest absolute Gasteiger partial charge is 0.267 e. The zero-order valence-electron chi connectivity index (χ0n) is 11.4. The fourth-order valence-electron chi connectivity index (χ4n) is 2.92. The van der Waals surface area contributed by atoms with E-state index in [1.165, 1.54) is 19.4 Å². The lowest BCUT2D eigenvalue weighted by atomic mass is 10.2. The number of hydrogen-bond donors (Lipinski definition) is 2. The van der Waals surface area contributed by atoms with Crippen molar-refractivity contribution >= 4 is 11.6 Å². The number of fused-ring (bicyclic) bond motifs is 1. The first kappa shape index (κ1) is 13.3. The van der Waals surface area contributed by atoms with Crippen LogP contribution in [-0.2, 0) is 4.74 Å². The van der Waals surface area contributed by atoms with Crippen LogP contribution in [-0.4, -0.2) is 54.2 Å². The Morgan fingerprint density at radius 3 is 3.35 bits per heavy atom. The third-order valence-corrected chi connectivity index (χ3v) is 4.01. The van der Waals surface area contributed by atoms with Gasteiger partial charge in [0.1, 0.15) is 5.69 Å². The molecule has 2 fully saturated rings. The van der Waals surface area contributed by atoms with Gasteiger partial charge >= 0.3 is 0 Å². The molecule has 0 aliphatic carbocycles. The molecule has 2 saturated heterocycles. The monoisotopic (exact) mass is 276 g/mol. The van der Waals surface area contributed by atoms with E-state index in [1.54, 1.807) is 12.3 Å². The molecule has 2 aliphatic heterocycles. The minimum Gasteiger partial charge on any atom is -0.382 e. The van der Waals surface area contributed by atoms with Crippen molar-refractivity contribution in [2.75, 3.05) is 31.6 Å². The highest BCUT2D eigenvalue weighted by Crippen LogP contribution is 2.22. The molecule has 0 aromatic carbocycles. The lowest BCUT2D eigenvalue weighted by Crippen LogP contribution is -2.48. The Morgan fingerprint density at radius 1 is 1.60 bits per heavy atom. The molecule has 2 unspecified atom stereocenters. The van der Waals surface area contributed by atoms with Gasteiger partial charge in [0.05, 0.1) is 12.7 Å². The molecule has 3 N–H and O–H groups in total. The van der Waals surface area contributed by atoms with E-state index in [2.05, 4.69) is 15.2 Å². The van der Waals surface area contributed by atoms with Gasteiger partial charge in [-0.05, 0) is 31.5 Å². The van der Waals surface area contributed by atoms with Crippen LogP contribution in [0, 0.1) is 0 Å². The summed E-state index contributed by atoms with van der Waals surface area (Å²) in [6.07, 6.45) is 4.31. The normalized spacial score (nSPS) is 26.2. The van der Waals surface area contributed by atoms with Crippen LogP contribution in [0.2, 0.25) is 0 Å². The first-order chi connectivity index (χ1) is 9.72. The van der Waals surface area contributed by atoms with Gasteiger partial charge in [-0.25, -0.2) is 0 Å². The maximum atomic E-state index is 11.1. The zero-order chi connectivity index (χ0) is 13.9. The molecule has 2 atom stereocenters. The average Bonchev–Trinajstić information content (AvgIpc) is 2.93. The fraction of sp³-hybridized carbons (Fsp3) is 0.571. The quantitative estimate of drug-likeness (QED) is 0.835. The number of hydrogen-bond acceptors (Lipinski definition) is 5. The molecule has 2 aliphatic rings. The summed E-state index contributed by atoms with van der Waals surface area (Å²) in [6, 6.07) is 4.12. The number of nitrogens with zero attached hydrogens (tertiary/aromatic N) is 2. The van der Waals surface area contributed by atoms with Crippen LogP contribution >= 0.6 is 0 Å². The maximum absolute atomic E-state index is 11.1. The Labute approximate surface area is 118 Å². The molecule has 3 rings (SSSR count). The van der Waals surface area contributed by atoms with Crippen LogP contribution < -0.4 is 11.1 Å². The molecule has 1 aromatic heterocycles. The number of rotatable bonds is 4. The zero-order valence-corrected chi connectivity index (χ0v) is 11.4. The van der Waals surface area contributed by atoms with E-state index in [-0.39, 0.29) is 11.8 Å². The van der Waals surface area contributed by atoms with Gasteiger partial charge < -0.3 is 15.8 Å². The second-order valence-corrected chi connectivity index (χ2v) is 5.42. The SMILES string of the molecule is NC(=O)c1cc(NCC2CN3CCCC3CO2)ccn1. The van der Waals surface area contributed by atoms with E-state index in [4.69, 9.17) is 10.5 Å². The first-order valence-corrected chi connectivity index (χ1v) is 7.08. The number of amides is 1. The molecular weight excluding hydrogens is 256 g/mol. The molecule has 20 heavy (non-hydrogen) atoms. The second kappa shape index (κ2) is 5.76. The number of primary amides is 1. The van der Waals surface area contributed by atoms with Gasteiger partial charge in [-0.1, -0.05) is 0 Å². The maximum Gasteiger partial charge on any atom is 0.267 e. The van der Waals surface area contributed by atoms with Gasteiger partial charge in [-0.15, -0.1) is 0 Å². The molecule has 3 heterocycles. The lowest BCUT2D eigenvalue weighted by Gasteiger charge is -2.35. The summed E-state index contributed by atoms with van der Waals surface area (Å²) in [5.74, 6) is -0.512. The molecule has 108 valence electrons. The molecule has 6 heteroatoms. The fourth-order valence-corrected chi connectivity index (χ4v) is 2.92. The van der Waals surface area contributed by atoms with Crippen molar-refractivity contribution in [3.8, 4) is 0 Å². The summed E-state index contributed by atoms with van der Waals surface area (Å²) in [5.41, 5.74) is 6.34. The third-order valence-electron chi connectivity index (χ3n) is 4.01. The Bertz CT molecular complexity index is 494. The molecule has 1 aromatic rings. The van der Waals surface area contributed by atoms with Crippen molar-refractivity contribution in [2.45, 2.75) is 25.0 Å². The second-order valence-electron chi connectivity index (χ2n) is 5.42. The van der Waals surface area contributed by atoms with E-state index in [1.807, 2.05) is 6.07 Å². The van der Waals surface area contributed by atoms with E-state index >= 15 is 0 Å². The predicted molar refractivity (Wildman–Crippen MR) is 75.6 cm³/mol. The molecule has 0 bridgehead atoms. The predicted octanol–water partition coefficient (Wildman–Crippen LogP) is 0.456. The van der Waals surface area contributed by atoms with Crippen LogP contribution in [0.25, 0.3) is 0 Å². The van der Waals surface area contributed by atoms with Crippen LogP contribution in [0.3, 0.4) is 0 Å². The summed E-state index contributed by atoms with van der Waals surface area (Å²) >= 11 is 0. The Balaban J connectivity index is 1.54. The Hall–Kier alpha value is -1.66. The largest absolute Gasteiger partial charge is 0.382 e. The summed E-state index contributed by atoms with van der Waals surface area (Å²) in [4.78, 5) is 17.5. The van der Waals surface area contributed by atoms with Gasteiger partial charge in [0.2, 0.25) is 0 Å². The lowest BCUT2D eigenvalue weighted by molar-refractivity contribution is -0.0415. The highest BCUT2D eigenvalue weighted by Gasteiger charge is 2.31. The first-order valence-electron chi connectivity index (χ1n) is 7.08. The van der Waals surface area contributed by atoms with Crippen molar-refractivity contribution in [2.24, 2.45) is 5.73 Å². The van der Waals surface area contributed by atoms with Crippen molar-refractivity contribution in [3.63, 3.8) is 0 Å². The number of aromatic nitrogens is 1. The highest BCUT2D eigenvalue weighted by atomic mass is 16.5. The van der Waals surface area contributed by atoms with Crippen molar-refractivity contribution in [1.82, 2.24) is 9.88 Å². The van der Waals surface area contributed by atoms with Crippen LogP contribution in [0.4, 0.5) is 5.69 Å². The van der Waals surface area contributed by atoms with Gasteiger partial charge in [0.25, 0.3) is 5.91 Å².